The molecule has 10 nitrogen and oxygen atoms in total. The maximum absolute atomic E-state index is 13.3. The van der Waals surface area contributed by atoms with E-state index < -0.39 is 40.1 Å². The van der Waals surface area contributed by atoms with Gasteiger partial charge in [0.2, 0.25) is 11.7 Å². The van der Waals surface area contributed by atoms with Crippen molar-refractivity contribution in [3.63, 3.8) is 0 Å². The highest BCUT2D eigenvalue weighted by molar-refractivity contribution is 5.90. The zero-order valence-corrected chi connectivity index (χ0v) is 13.4. The number of hydrogen-bond donors (Lipinski definition) is 1. The van der Waals surface area contributed by atoms with Crippen LogP contribution in [-0.2, 0) is 17.9 Å². The Morgan fingerprint density at radius 2 is 2.12 bits per heavy atom. The lowest BCUT2D eigenvalue weighted by Gasteiger charge is -2.10. The molecule has 1 aromatic heterocycles. The molecule has 1 amide bonds. The van der Waals surface area contributed by atoms with Crippen LogP contribution in [-0.4, -0.2) is 20.0 Å². The molecule has 0 aliphatic carbocycles. The van der Waals surface area contributed by atoms with Crippen LogP contribution in [0.25, 0.3) is 0 Å². The van der Waals surface area contributed by atoms with E-state index in [0.29, 0.717) is 4.57 Å². The monoisotopic (exact) mass is 361 g/mol. The quantitative estimate of drug-likeness (QED) is 0.610. The van der Waals surface area contributed by atoms with Crippen molar-refractivity contribution in [2.75, 3.05) is 5.32 Å². The minimum atomic E-state index is -1.07. The number of halogens is 1. The van der Waals surface area contributed by atoms with Crippen molar-refractivity contribution >= 4 is 17.3 Å². The van der Waals surface area contributed by atoms with E-state index in [9.17, 15) is 28.9 Å². The maximum Gasteiger partial charge on any atom is 0.331 e. The van der Waals surface area contributed by atoms with Crippen LogP contribution in [0.5, 0.6) is 0 Å². The Bertz CT molecular complexity index is 1050. The molecule has 1 aromatic carbocycles. The summed E-state index contributed by atoms with van der Waals surface area (Å²) < 4.78 is 15.0. The number of aryl methyl sites for hydroxylation is 1. The Morgan fingerprint density at radius 3 is 2.69 bits per heavy atom. The van der Waals surface area contributed by atoms with Gasteiger partial charge in [-0.1, -0.05) is 0 Å². The minimum absolute atomic E-state index is 0.0802. The lowest BCUT2D eigenvalue weighted by atomic mass is 10.2. The number of amides is 1. The highest BCUT2D eigenvalue weighted by Crippen LogP contribution is 2.21. The van der Waals surface area contributed by atoms with Gasteiger partial charge in [-0.05, 0) is 19.1 Å². The van der Waals surface area contributed by atoms with Crippen molar-refractivity contribution in [3.8, 4) is 6.07 Å². The lowest BCUT2D eigenvalue weighted by molar-refractivity contribution is -0.387. The Labute approximate surface area is 144 Å². The molecule has 134 valence electrons. The van der Waals surface area contributed by atoms with Gasteiger partial charge in [0.25, 0.3) is 5.56 Å². The van der Waals surface area contributed by atoms with Crippen molar-refractivity contribution in [1.29, 1.82) is 5.26 Å². The Morgan fingerprint density at radius 1 is 1.42 bits per heavy atom. The van der Waals surface area contributed by atoms with Gasteiger partial charge in [-0.2, -0.15) is 9.65 Å². The van der Waals surface area contributed by atoms with E-state index in [1.54, 1.807) is 13.0 Å². The van der Waals surface area contributed by atoms with Gasteiger partial charge >= 0.3 is 11.4 Å². The summed E-state index contributed by atoms with van der Waals surface area (Å²) >= 11 is 0. The van der Waals surface area contributed by atoms with Crippen LogP contribution in [0.3, 0.4) is 0 Å². The average molecular weight is 361 g/mol. The number of hydrogen-bond acceptors (Lipinski definition) is 6. The summed E-state index contributed by atoms with van der Waals surface area (Å²) in [7, 11) is 0. The number of anilines is 1. The number of rotatable bonds is 5. The number of nitrogens with zero attached hydrogens (tertiary/aromatic N) is 4. The zero-order valence-electron chi connectivity index (χ0n) is 13.4. The topological polar surface area (TPSA) is 140 Å². The minimum Gasteiger partial charge on any atom is -0.324 e. The first-order chi connectivity index (χ1) is 12.3. The zero-order chi connectivity index (χ0) is 19.4. The molecule has 2 rings (SSSR count). The van der Waals surface area contributed by atoms with Gasteiger partial charge < -0.3 is 5.32 Å². The molecule has 0 unspecified atom stereocenters. The van der Waals surface area contributed by atoms with Gasteiger partial charge in [-0.15, -0.1) is 0 Å². The number of nitro groups is 1. The first kappa shape index (κ1) is 18.5. The summed E-state index contributed by atoms with van der Waals surface area (Å²) in [6, 6.07) is 4.36. The smallest absolute Gasteiger partial charge is 0.324 e. The first-order valence-electron chi connectivity index (χ1n) is 7.26. The van der Waals surface area contributed by atoms with Crippen LogP contribution < -0.4 is 16.6 Å². The molecular formula is C15H12FN5O5. The molecule has 0 fully saturated rings. The summed E-state index contributed by atoms with van der Waals surface area (Å²) in [6.07, 6.45) is 1.10. The van der Waals surface area contributed by atoms with Crippen LogP contribution in [0.15, 0.2) is 34.0 Å². The average Bonchev–Trinajstić information content (AvgIpc) is 2.60. The fourth-order valence-corrected chi connectivity index (χ4v) is 2.17. The van der Waals surface area contributed by atoms with Crippen LogP contribution in [0.4, 0.5) is 15.8 Å². The van der Waals surface area contributed by atoms with E-state index in [1.807, 2.05) is 0 Å². The third-order valence-electron chi connectivity index (χ3n) is 3.43. The van der Waals surface area contributed by atoms with Gasteiger partial charge in [-0.3, -0.25) is 24.3 Å². The third-order valence-corrected chi connectivity index (χ3v) is 3.43. The van der Waals surface area contributed by atoms with Crippen LogP contribution in [0.1, 0.15) is 12.5 Å². The molecule has 0 aliphatic rings. The second kappa shape index (κ2) is 7.39. The Kier molecular flexibility index (Phi) is 5.27. The SMILES string of the molecule is CCn1cc(C#N)c(=O)n(CC(=O)Nc2ccc(F)c([N+](=O)[O-])c2)c1=O. The van der Waals surface area contributed by atoms with E-state index >= 15 is 0 Å². The van der Waals surface area contributed by atoms with Gasteiger partial charge in [-0.25, -0.2) is 9.36 Å². The van der Waals surface area contributed by atoms with Crippen molar-refractivity contribution < 1.29 is 14.1 Å². The fourth-order valence-electron chi connectivity index (χ4n) is 2.17. The molecule has 0 atom stereocenters. The summed E-state index contributed by atoms with van der Waals surface area (Å²) in [6.45, 7) is 1.09. The largest absolute Gasteiger partial charge is 0.331 e. The van der Waals surface area contributed by atoms with Crippen molar-refractivity contribution in [3.05, 3.63) is 66.7 Å². The third kappa shape index (κ3) is 3.64. The summed E-state index contributed by atoms with van der Waals surface area (Å²) in [4.78, 5) is 46.1. The molecule has 0 radical (unpaired) electrons. The Balaban J connectivity index is 2.33. The van der Waals surface area contributed by atoms with Gasteiger partial charge in [0.05, 0.1) is 4.92 Å². The number of carbonyl (C=O) groups excluding carboxylic acids is 1. The van der Waals surface area contributed by atoms with Gasteiger partial charge in [0.1, 0.15) is 18.2 Å². The standard InChI is InChI=1S/C15H12FN5O5/c1-2-19-7-9(6-17)14(23)20(15(19)24)8-13(22)18-10-3-4-11(16)12(5-10)21(25)26/h3-5,7H,2,8H2,1H3,(H,18,22). The summed E-state index contributed by atoms with van der Waals surface area (Å²) in [5, 5.41) is 21.9. The molecule has 1 N–H and O–H groups in total. The fraction of sp³-hybridized carbons (Fsp3) is 0.200. The molecule has 1 heterocycles. The number of aromatic nitrogens is 2. The van der Waals surface area contributed by atoms with E-state index in [1.165, 1.54) is 0 Å². The number of nitrogens with one attached hydrogen (secondary N) is 1. The van der Waals surface area contributed by atoms with E-state index in [4.69, 9.17) is 5.26 Å². The van der Waals surface area contributed by atoms with Crippen LogP contribution in [0.2, 0.25) is 0 Å². The molecule has 0 saturated heterocycles. The molecular weight excluding hydrogens is 349 g/mol. The highest BCUT2D eigenvalue weighted by Gasteiger charge is 2.17. The first-order valence-corrected chi connectivity index (χ1v) is 7.26. The predicted octanol–water partition coefficient (Wildman–Crippen LogP) is 0.588. The van der Waals surface area contributed by atoms with Crippen molar-refractivity contribution in [2.24, 2.45) is 0 Å². The number of benzene rings is 1. The maximum atomic E-state index is 13.3. The van der Waals surface area contributed by atoms with Crippen LogP contribution in [0, 0.1) is 27.3 Å². The molecule has 0 spiro atoms. The second-order valence-electron chi connectivity index (χ2n) is 5.09. The predicted molar refractivity (Wildman–Crippen MR) is 87.0 cm³/mol. The van der Waals surface area contributed by atoms with E-state index in [2.05, 4.69) is 5.32 Å². The summed E-state index contributed by atoms with van der Waals surface area (Å²) in [5.41, 5.74) is -2.93. The molecule has 2 aromatic rings. The second-order valence-corrected chi connectivity index (χ2v) is 5.09. The highest BCUT2D eigenvalue weighted by atomic mass is 19.1. The molecule has 0 bridgehead atoms. The number of nitro benzene ring substituents is 1. The molecule has 26 heavy (non-hydrogen) atoms. The molecule has 11 heteroatoms. The van der Waals surface area contributed by atoms with Crippen molar-refractivity contribution in [1.82, 2.24) is 9.13 Å². The van der Waals surface area contributed by atoms with Crippen LogP contribution >= 0.6 is 0 Å². The van der Waals surface area contributed by atoms with E-state index in [0.717, 1.165) is 29.0 Å². The number of carbonyl (C=O) groups is 1. The van der Waals surface area contributed by atoms with Gasteiger partial charge in [0, 0.05) is 24.5 Å². The molecule has 0 saturated carbocycles. The molecule has 0 aliphatic heterocycles. The van der Waals surface area contributed by atoms with Gasteiger partial charge in [0.15, 0.2) is 0 Å². The summed E-state index contributed by atoms with van der Waals surface area (Å²) in [5.74, 6) is -1.92. The number of nitriles is 1. The lowest BCUT2D eigenvalue weighted by Crippen LogP contribution is -2.43. The Hall–Kier alpha value is -3.81. The van der Waals surface area contributed by atoms with E-state index in [-0.39, 0.29) is 17.8 Å². The normalized spacial score (nSPS) is 10.2. The van der Waals surface area contributed by atoms with Crippen molar-refractivity contribution in [2.45, 2.75) is 20.0 Å².